The summed E-state index contributed by atoms with van der Waals surface area (Å²) in [6.07, 6.45) is -2.09. The third kappa shape index (κ3) is 4.98. The van der Waals surface area contributed by atoms with Gasteiger partial charge in [-0.05, 0) is 62.2 Å². The lowest BCUT2D eigenvalue weighted by Crippen LogP contribution is -2.51. The van der Waals surface area contributed by atoms with Crippen LogP contribution in [0.2, 0.25) is 0 Å². The molecule has 2 aromatic carbocycles. The van der Waals surface area contributed by atoms with Crippen LogP contribution in [0.15, 0.2) is 48.7 Å². The van der Waals surface area contributed by atoms with E-state index in [1.54, 1.807) is 13.2 Å². The summed E-state index contributed by atoms with van der Waals surface area (Å²) >= 11 is 0. The number of fused-ring (bicyclic) bond motifs is 2. The van der Waals surface area contributed by atoms with E-state index >= 15 is 0 Å². The first-order valence-corrected chi connectivity index (χ1v) is 13.7. The van der Waals surface area contributed by atoms with Crippen molar-refractivity contribution in [1.29, 1.82) is 0 Å². The van der Waals surface area contributed by atoms with Crippen molar-refractivity contribution < 1.29 is 41.7 Å². The minimum absolute atomic E-state index is 0.00529. The standard InChI is InChI=1S/C30H27F4N5O5/c1-28(27(35)41)14-43-25-20(28)11-22(37-24(25)15-3-5-18(31)6-4-15)29(42,30(32,33)34)13-36-26(40)16-9-17-12-39(2)38-23(17)21(10-16)44-19-7-8-19/h3-6,9-12,19,42H,7-8,13-14H2,1-2H3,(H2,35,41)(H,36,40)/t28-,29-/m0/s1. The molecule has 3 heterocycles. The van der Waals surface area contributed by atoms with Gasteiger partial charge in [0.2, 0.25) is 11.5 Å². The molecule has 1 aliphatic heterocycles. The lowest BCUT2D eigenvalue weighted by Gasteiger charge is -2.31. The number of halogens is 4. The molecule has 0 saturated heterocycles. The van der Waals surface area contributed by atoms with Crippen LogP contribution in [-0.2, 0) is 22.9 Å². The predicted octanol–water partition coefficient (Wildman–Crippen LogP) is 3.63. The largest absolute Gasteiger partial charge is 0.489 e. The van der Waals surface area contributed by atoms with Crippen LogP contribution in [0.25, 0.3) is 22.2 Å². The van der Waals surface area contributed by atoms with E-state index in [1.807, 2.05) is 0 Å². The monoisotopic (exact) mass is 613 g/mol. The van der Waals surface area contributed by atoms with E-state index in [2.05, 4.69) is 15.4 Å². The number of primary amides is 1. The number of aromatic nitrogens is 3. The van der Waals surface area contributed by atoms with Crippen LogP contribution >= 0.6 is 0 Å². The zero-order valence-corrected chi connectivity index (χ0v) is 23.5. The zero-order chi connectivity index (χ0) is 31.6. The van der Waals surface area contributed by atoms with Crippen molar-refractivity contribution in [2.45, 2.75) is 43.1 Å². The summed E-state index contributed by atoms with van der Waals surface area (Å²) in [6.45, 7) is -0.230. The number of hydrogen-bond acceptors (Lipinski definition) is 7. The number of rotatable bonds is 8. The number of alkyl halides is 3. The maximum Gasteiger partial charge on any atom is 0.424 e. The molecular formula is C30H27F4N5O5. The summed E-state index contributed by atoms with van der Waals surface area (Å²) in [5, 5.41) is 18.3. The molecule has 1 saturated carbocycles. The van der Waals surface area contributed by atoms with Crippen molar-refractivity contribution in [3.05, 3.63) is 71.3 Å². The molecular weight excluding hydrogens is 586 g/mol. The highest BCUT2D eigenvalue weighted by Gasteiger charge is 2.57. The molecule has 1 aliphatic carbocycles. The number of ether oxygens (including phenoxy) is 2. The Bertz CT molecular complexity index is 1800. The van der Waals surface area contributed by atoms with E-state index in [0.29, 0.717) is 16.7 Å². The number of hydrogen-bond donors (Lipinski definition) is 3. The first-order valence-electron chi connectivity index (χ1n) is 13.7. The molecule has 0 radical (unpaired) electrons. The Morgan fingerprint density at radius 1 is 1.20 bits per heavy atom. The number of pyridine rings is 1. The number of carbonyl (C=O) groups excluding carboxylic acids is 2. The van der Waals surface area contributed by atoms with Crippen molar-refractivity contribution in [1.82, 2.24) is 20.1 Å². The minimum Gasteiger partial charge on any atom is -0.489 e. The van der Waals surface area contributed by atoms with Gasteiger partial charge in [-0.1, -0.05) is 0 Å². The maximum absolute atomic E-state index is 14.7. The van der Waals surface area contributed by atoms with Gasteiger partial charge in [-0.15, -0.1) is 0 Å². The van der Waals surface area contributed by atoms with Gasteiger partial charge < -0.3 is 25.6 Å². The van der Waals surface area contributed by atoms with Crippen LogP contribution in [0.4, 0.5) is 17.6 Å². The van der Waals surface area contributed by atoms with Gasteiger partial charge in [0, 0.05) is 35.3 Å². The number of carbonyl (C=O) groups is 2. The molecule has 4 N–H and O–H groups in total. The van der Waals surface area contributed by atoms with E-state index in [9.17, 15) is 32.3 Å². The summed E-state index contributed by atoms with van der Waals surface area (Å²) in [7, 11) is 1.68. The Morgan fingerprint density at radius 3 is 2.55 bits per heavy atom. The normalized spacial score (nSPS) is 19.2. The van der Waals surface area contributed by atoms with E-state index in [-0.39, 0.29) is 40.8 Å². The Balaban J connectivity index is 1.40. The molecule has 4 aromatic rings. The van der Waals surface area contributed by atoms with Crippen molar-refractivity contribution in [2.75, 3.05) is 13.2 Å². The first kappa shape index (κ1) is 29.4. The van der Waals surface area contributed by atoms with Crippen molar-refractivity contribution in [2.24, 2.45) is 12.8 Å². The molecule has 2 atom stereocenters. The van der Waals surface area contributed by atoms with Crippen molar-refractivity contribution in [3.63, 3.8) is 0 Å². The molecule has 14 heteroatoms. The zero-order valence-electron chi connectivity index (χ0n) is 23.5. The quantitative estimate of drug-likeness (QED) is 0.258. The van der Waals surface area contributed by atoms with E-state index in [0.717, 1.165) is 31.0 Å². The molecule has 0 spiro atoms. The van der Waals surface area contributed by atoms with E-state index in [4.69, 9.17) is 15.2 Å². The molecule has 10 nitrogen and oxygen atoms in total. The summed E-state index contributed by atoms with van der Waals surface area (Å²) in [6, 6.07) is 8.46. The Kier molecular flexibility index (Phi) is 6.79. The second kappa shape index (κ2) is 10.2. The second-order valence-electron chi connectivity index (χ2n) is 11.3. The highest BCUT2D eigenvalue weighted by molar-refractivity contribution is 6.00. The van der Waals surface area contributed by atoms with Crippen LogP contribution in [-0.4, -0.2) is 57.1 Å². The summed E-state index contributed by atoms with van der Waals surface area (Å²) in [5.74, 6) is -2.10. The third-order valence-corrected chi connectivity index (χ3v) is 7.90. The van der Waals surface area contributed by atoms with Gasteiger partial charge in [-0.3, -0.25) is 14.3 Å². The van der Waals surface area contributed by atoms with E-state index < -0.39 is 47.1 Å². The maximum atomic E-state index is 14.7. The predicted molar refractivity (Wildman–Crippen MR) is 148 cm³/mol. The van der Waals surface area contributed by atoms with Crippen molar-refractivity contribution >= 4 is 22.7 Å². The lowest BCUT2D eigenvalue weighted by atomic mass is 9.81. The fraction of sp³-hybridized carbons (Fsp3) is 0.333. The molecule has 0 bridgehead atoms. The fourth-order valence-corrected chi connectivity index (χ4v) is 5.06. The number of nitrogens with two attached hydrogens (primary N) is 1. The number of aryl methyl sites for hydroxylation is 1. The van der Waals surface area contributed by atoms with Gasteiger partial charge in [-0.25, -0.2) is 9.37 Å². The highest BCUT2D eigenvalue weighted by Crippen LogP contribution is 2.47. The second-order valence-corrected chi connectivity index (χ2v) is 11.3. The Hall–Kier alpha value is -4.72. The molecule has 1 fully saturated rings. The fourth-order valence-electron chi connectivity index (χ4n) is 5.06. The number of amides is 2. The van der Waals surface area contributed by atoms with Gasteiger partial charge in [0.05, 0.1) is 18.3 Å². The van der Waals surface area contributed by atoms with Crippen molar-refractivity contribution in [3.8, 4) is 22.8 Å². The summed E-state index contributed by atoms with van der Waals surface area (Å²) < 4.78 is 70.9. The molecule has 2 aromatic heterocycles. The number of nitrogens with one attached hydrogen (secondary N) is 1. The third-order valence-electron chi connectivity index (χ3n) is 7.90. The average molecular weight is 614 g/mol. The SMILES string of the molecule is Cn1cc2cc(C(=O)NC[C@](O)(c3cc4c(c(-c5ccc(F)cc5)n3)OC[C@]4(C)C(N)=O)C(F)(F)F)cc(OC3CC3)c2n1. The van der Waals surface area contributed by atoms with Crippen LogP contribution < -0.4 is 20.5 Å². The van der Waals surface area contributed by atoms with Crippen LogP contribution in [0, 0.1) is 5.82 Å². The van der Waals surface area contributed by atoms with Gasteiger partial charge in [0.15, 0.2) is 0 Å². The first-order chi connectivity index (χ1) is 20.7. The molecule has 2 aliphatic rings. The topological polar surface area (TPSA) is 142 Å². The highest BCUT2D eigenvalue weighted by atomic mass is 19.4. The molecule has 2 amide bonds. The Morgan fingerprint density at radius 2 is 1.91 bits per heavy atom. The number of aliphatic hydroxyl groups is 1. The van der Waals surface area contributed by atoms with Gasteiger partial charge in [-0.2, -0.15) is 18.3 Å². The van der Waals surface area contributed by atoms with Crippen LogP contribution in [0.1, 0.15) is 41.4 Å². The minimum atomic E-state index is -5.35. The van der Waals surface area contributed by atoms with Crippen LogP contribution in [0.3, 0.4) is 0 Å². The summed E-state index contributed by atoms with van der Waals surface area (Å²) in [5.41, 5.74) is -0.137. The van der Waals surface area contributed by atoms with Gasteiger partial charge in [0.25, 0.3) is 5.91 Å². The van der Waals surface area contributed by atoms with Crippen LogP contribution in [0.5, 0.6) is 11.5 Å². The molecule has 6 rings (SSSR count). The summed E-state index contributed by atoms with van der Waals surface area (Å²) in [4.78, 5) is 29.8. The average Bonchev–Trinajstić information content (AvgIpc) is 3.60. The van der Waals surface area contributed by atoms with Gasteiger partial charge in [0.1, 0.15) is 40.5 Å². The van der Waals surface area contributed by atoms with E-state index in [1.165, 1.54) is 35.9 Å². The molecule has 230 valence electrons. The van der Waals surface area contributed by atoms with Gasteiger partial charge >= 0.3 is 6.18 Å². The Labute approximate surface area is 247 Å². The molecule has 44 heavy (non-hydrogen) atoms. The number of nitrogens with zero attached hydrogens (tertiary/aromatic N) is 3. The molecule has 0 unspecified atom stereocenters. The number of benzene rings is 2. The smallest absolute Gasteiger partial charge is 0.424 e. The lowest BCUT2D eigenvalue weighted by molar-refractivity contribution is -0.265.